The van der Waals surface area contributed by atoms with Crippen LogP contribution in [0.2, 0.25) is 5.02 Å². The standard InChI is InChI=1S/C12H19ClN4O/c1-18-8-12(2-4-14-5-3-12)7-16-11-10(13)6-15-9-17-11/h6,9,14H,2-5,7-8H2,1H3,(H,15,16,17). The first-order chi connectivity index (χ1) is 8.76. The molecule has 5 nitrogen and oxygen atoms in total. The highest BCUT2D eigenvalue weighted by atomic mass is 35.5. The second-order valence-electron chi connectivity index (χ2n) is 4.76. The summed E-state index contributed by atoms with van der Waals surface area (Å²) in [5, 5.41) is 7.24. The van der Waals surface area contributed by atoms with Crippen LogP contribution in [0.1, 0.15) is 12.8 Å². The fraction of sp³-hybridized carbons (Fsp3) is 0.667. The van der Waals surface area contributed by atoms with Gasteiger partial charge in [-0.25, -0.2) is 9.97 Å². The zero-order valence-electron chi connectivity index (χ0n) is 10.6. The highest BCUT2D eigenvalue weighted by Crippen LogP contribution is 2.30. The summed E-state index contributed by atoms with van der Waals surface area (Å²) in [6, 6.07) is 0. The van der Waals surface area contributed by atoms with Gasteiger partial charge in [-0.05, 0) is 25.9 Å². The molecule has 1 aromatic rings. The van der Waals surface area contributed by atoms with Crippen LogP contribution in [0.4, 0.5) is 5.82 Å². The van der Waals surface area contributed by atoms with Gasteiger partial charge >= 0.3 is 0 Å². The van der Waals surface area contributed by atoms with Gasteiger partial charge in [-0.1, -0.05) is 11.6 Å². The molecule has 18 heavy (non-hydrogen) atoms. The Balaban J connectivity index is 1.99. The fourth-order valence-electron chi connectivity index (χ4n) is 2.35. The van der Waals surface area contributed by atoms with Crippen molar-refractivity contribution in [2.45, 2.75) is 12.8 Å². The van der Waals surface area contributed by atoms with Gasteiger partial charge in [0.15, 0.2) is 0 Å². The van der Waals surface area contributed by atoms with Crippen LogP contribution < -0.4 is 10.6 Å². The first-order valence-electron chi connectivity index (χ1n) is 6.15. The number of methoxy groups -OCH3 is 1. The number of hydrogen-bond acceptors (Lipinski definition) is 5. The third kappa shape index (κ3) is 3.31. The zero-order valence-corrected chi connectivity index (χ0v) is 11.3. The van der Waals surface area contributed by atoms with E-state index in [-0.39, 0.29) is 5.41 Å². The molecular weight excluding hydrogens is 252 g/mol. The van der Waals surface area contributed by atoms with E-state index >= 15 is 0 Å². The lowest BCUT2D eigenvalue weighted by molar-refractivity contribution is 0.0635. The molecular formula is C12H19ClN4O. The second kappa shape index (κ2) is 6.31. The van der Waals surface area contributed by atoms with Gasteiger partial charge in [-0.2, -0.15) is 0 Å². The van der Waals surface area contributed by atoms with Crippen LogP contribution in [0.3, 0.4) is 0 Å². The Kier molecular flexibility index (Phi) is 4.74. The summed E-state index contributed by atoms with van der Waals surface area (Å²) >= 11 is 6.03. The molecule has 0 bridgehead atoms. The lowest BCUT2D eigenvalue weighted by atomic mass is 9.79. The van der Waals surface area contributed by atoms with Gasteiger partial charge in [0.25, 0.3) is 0 Å². The van der Waals surface area contributed by atoms with Crippen molar-refractivity contribution in [2.24, 2.45) is 5.41 Å². The van der Waals surface area contributed by atoms with Gasteiger partial charge in [0.05, 0.1) is 12.8 Å². The maximum Gasteiger partial charge on any atom is 0.148 e. The first kappa shape index (κ1) is 13.5. The summed E-state index contributed by atoms with van der Waals surface area (Å²) in [7, 11) is 1.75. The molecule has 2 heterocycles. The van der Waals surface area contributed by atoms with Gasteiger partial charge in [-0.15, -0.1) is 0 Å². The van der Waals surface area contributed by atoms with Crippen molar-refractivity contribution in [1.82, 2.24) is 15.3 Å². The summed E-state index contributed by atoms with van der Waals surface area (Å²) in [6.07, 6.45) is 5.29. The van der Waals surface area contributed by atoms with E-state index in [2.05, 4.69) is 20.6 Å². The summed E-state index contributed by atoms with van der Waals surface area (Å²) in [4.78, 5) is 8.02. The lowest BCUT2D eigenvalue weighted by Crippen LogP contribution is -2.44. The summed E-state index contributed by atoms with van der Waals surface area (Å²) < 4.78 is 5.37. The maximum absolute atomic E-state index is 6.03. The van der Waals surface area contributed by atoms with Crippen molar-refractivity contribution in [3.63, 3.8) is 0 Å². The lowest BCUT2D eigenvalue weighted by Gasteiger charge is -2.37. The first-order valence-corrected chi connectivity index (χ1v) is 6.53. The molecule has 1 saturated heterocycles. The largest absolute Gasteiger partial charge is 0.384 e. The fourth-order valence-corrected chi connectivity index (χ4v) is 2.52. The van der Waals surface area contributed by atoms with Crippen LogP contribution in [0, 0.1) is 5.41 Å². The molecule has 0 saturated carbocycles. The van der Waals surface area contributed by atoms with Crippen molar-refractivity contribution in [1.29, 1.82) is 0 Å². The molecule has 1 aliphatic heterocycles. The summed E-state index contributed by atoms with van der Waals surface area (Å²) in [6.45, 7) is 3.63. The zero-order chi connectivity index (χ0) is 12.8. The predicted octanol–water partition coefficient (Wildman–Crippen LogP) is 1.56. The van der Waals surface area contributed by atoms with E-state index < -0.39 is 0 Å². The van der Waals surface area contributed by atoms with Gasteiger partial charge in [0.1, 0.15) is 17.2 Å². The molecule has 0 aromatic carbocycles. The number of halogens is 1. The number of nitrogens with one attached hydrogen (secondary N) is 2. The number of rotatable bonds is 5. The molecule has 2 rings (SSSR count). The number of anilines is 1. The van der Waals surface area contributed by atoms with Crippen LogP contribution in [0.25, 0.3) is 0 Å². The topological polar surface area (TPSA) is 59.1 Å². The number of aromatic nitrogens is 2. The average molecular weight is 271 g/mol. The van der Waals surface area contributed by atoms with Crippen molar-refractivity contribution >= 4 is 17.4 Å². The van der Waals surface area contributed by atoms with E-state index in [1.807, 2.05) is 0 Å². The third-order valence-electron chi connectivity index (χ3n) is 3.41. The summed E-state index contributed by atoms with van der Waals surface area (Å²) in [5.41, 5.74) is 0.161. The van der Waals surface area contributed by atoms with Crippen LogP contribution >= 0.6 is 11.6 Å². The molecule has 0 spiro atoms. The van der Waals surface area contributed by atoms with Crippen LogP contribution in [0.15, 0.2) is 12.5 Å². The van der Waals surface area contributed by atoms with Gasteiger partial charge in [0.2, 0.25) is 0 Å². The van der Waals surface area contributed by atoms with E-state index in [1.54, 1.807) is 13.3 Å². The molecule has 0 amide bonds. The van der Waals surface area contributed by atoms with Crippen LogP contribution in [0.5, 0.6) is 0 Å². The maximum atomic E-state index is 6.03. The number of ether oxygens (including phenoxy) is 1. The van der Waals surface area contributed by atoms with Crippen LogP contribution in [-0.2, 0) is 4.74 Å². The van der Waals surface area contributed by atoms with Crippen molar-refractivity contribution < 1.29 is 4.74 Å². The monoisotopic (exact) mass is 270 g/mol. The molecule has 0 atom stereocenters. The Morgan fingerprint density at radius 1 is 1.50 bits per heavy atom. The Morgan fingerprint density at radius 2 is 2.28 bits per heavy atom. The Labute approximate surface area is 112 Å². The van der Waals surface area contributed by atoms with E-state index in [0.29, 0.717) is 10.8 Å². The second-order valence-corrected chi connectivity index (χ2v) is 5.16. The minimum atomic E-state index is 0.161. The van der Waals surface area contributed by atoms with Crippen molar-refractivity contribution in [3.8, 4) is 0 Å². The van der Waals surface area contributed by atoms with Gasteiger partial charge < -0.3 is 15.4 Å². The molecule has 0 aliphatic carbocycles. The van der Waals surface area contributed by atoms with Gasteiger partial charge in [-0.3, -0.25) is 0 Å². The molecule has 2 N–H and O–H groups in total. The molecule has 0 unspecified atom stereocenters. The van der Waals surface area contributed by atoms with Gasteiger partial charge in [0, 0.05) is 19.1 Å². The van der Waals surface area contributed by atoms with E-state index in [0.717, 1.165) is 39.1 Å². The van der Waals surface area contributed by atoms with E-state index in [1.165, 1.54) is 6.33 Å². The molecule has 6 heteroatoms. The number of piperidine rings is 1. The highest BCUT2D eigenvalue weighted by molar-refractivity contribution is 6.32. The minimum absolute atomic E-state index is 0.161. The number of hydrogen-bond donors (Lipinski definition) is 2. The quantitative estimate of drug-likeness (QED) is 0.850. The predicted molar refractivity (Wildman–Crippen MR) is 71.9 cm³/mol. The molecule has 100 valence electrons. The molecule has 0 radical (unpaired) electrons. The summed E-state index contributed by atoms with van der Waals surface area (Å²) in [5.74, 6) is 0.695. The van der Waals surface area contributed by atoms with E-state index in [9.17, 15) is 0 Å². The van der Waals surface area contributed by atoms with Crippen molar-refractivity contribution in [2.75, 3.05) is 38.7 Å². The SMILES string of the molecule is COCC1(CNc2ncncc2Cl)CCNCC1. The highest BCUT2D eigenvalue weighted by Gasteiger charge is 2.32. The molecule has 1 aliphatic rings. The Morgan fingerprint density at radius 3 is 2.94 bits per heavy atom. The third-order valence-corrected chi connectivity index (χ3v) is 3.69. The normalized spacial score (nSPS) is 18.6. The minimum Gasteiger partial charge on any atom is -0.384 e. The van der Waals surface area contributed by atoms with Crippen molar-refractivity contribution in [3.05, 3.63) is 17.5 Å². The Hall–Kier alpha value is -0.910. The Bertz CT molecular complexity index is 377. The average Bonchev–Trinajstić information content (AvgIpc) is 2.39. The smallest absolute Gasteiger partial charge is 0.148 e. The van der Waals surface area contributed by atoms with Crippen LogP contribution in [-0.4, -0.2) is 43.3 Å². The number of nitrogens with zero attached hydrogens (tertiary/aromatic N) is 2. The molecule has 1 aromatic heterocycles. The molecule has 1 fully saturated rings. The van der Waals surface area contributed by atoms with E-state index in [4.69, 9.17) is 16.3 Å².